The van der Waals surface area contributed by atoms with Crippen molar-refractivity contribution in [2.24, 2.45) is 5.92 Å². The maximum Gasteiger partial charge on any atom is 0.244 e. The molecular weight excluding hydrogens is 290 g/mol. The van der Waals surface area contributed by atoms with E-state index in [-0.39, 0.29) is 10.9 Å². The van der Waals surface area contributed by atoms with E-state index in [2.05, 4.69) is 28.9 Å². The first-order valence-electron chi connectivity index (χ1n) is 7.28. The largest absolute Gasteiger partial charge is 0.464 e. The molecule has 0 saturated carbocycles. The highest BCUT2D eigenvalue weighted by atomic mass is 32.2. The number of rotatable bonds is 5. The molecule has 1 aromatic heterocycles. The number of sulfonamides is 1. The average Bonchev–Trinajstić information content (AvgIpc) is 2.75. The molecule has 7 heteroatoms. The molecule has 1 aliphatic rings. The molecule has 1 fully saturated rings. The first-order valence-corrected chi connectivity index (χ1v) is 8.76. The number of furan rings is 1. The summed E-state index contributed by atoms with van der Waals surface area (Å²) in [5, 5.41) is 2.95. The average molecular weight is 315 g/mol. The molecule has 120 valence electrons. The van der Waals surface area contributed by atoms with E-state index < -0.39 is 10.0 Å². The highest BCUT2D eigenvalue weighted by Gasteiger charge is 2.30. The smallest absolute Gasteiger partial charge is 0.244 e. The Bertz CT molecular complexity index is 582. The topological polar surface area (TPSA) is 74.6 Å². The van der Waals surface area contributed by atoms with Crippen LogP contribution in [0.3, 0.4) is 0 Å². The van der Waals surface area contributed by atoms with E-state index in [0.29, 0.717) is 24.0 Å². The minimum absolute atomic E-state index is 0.0201. The molecule has 1 aromatic rings. The van der Waals surface area contributed by atoms with Gasteiger partial charge >= 0.3 is 0 Å². The third-order valence-electron chi connectivity index (χ3n) is 3.98. The van der Waals surface area contributed by atoms with Gasteiger partial charge in [0.2, 0.25) is 10.0 Å². The molecule has 0 radical (unpaired) electrons. The van der Waals surface area contributed by atoms with E-state index in [9.17, 15) is 8.42 Å². The number of aryl methyl sites for hydroxylation is 1. The molecule has 1 saturated heterocycles. The second-order valence-corrected chi connectivity index (χ2v) is 7.60. The standard InChI is InChI=1S/C14H25N3O3S/c1-10-9-17(4)6-5-13(10)16-21(18,19)14-7-12(8-15-3)20-11(14)2/h7,10,13,15-16H,5-6,8-9H2,1-4H3. The Balaban J connectivity index is 2.15. The van der Waals surface area contributed by atoms with Crippen LogP contribution >= 0.6 is 0 Å². The van der Waals surface area contributed by atoms with Gasteiger partial charge in [-0.05, 0) is 39.9 Å². The summed E-state index contributed by atoms with van der Waals surface area (Å²) in [4.78, 5) is 2.47. The van der Waals surface area contributed by atoms with Crippen molar-refractivity contribution in [2.75, 3.05) is 27.2 Å². The molecule has 0 aromatic carbocycles. The van der Waals surface area contributed by atoms with Crippen LogP contribution in [0.1, 0.15) is 24.9 Å². The second-order valence-electron chi connectivity index (χ2n) is 5.92. The van der Waals surface area contributed by atoms with Crippen LogP contribution in [0.5, 0.6) is 0 Å². The van der Waals surface area contributed by atoms with E-state index in [1.807, 2.05) is 0 Å². The fourth-order valence-electron chi connectivity index (χ4n) is 2.84. The summed E-state index contributed by atoms with van der Waals surface area (Å²) in [5.41, 5.74) is 0. The van der Waals surface area contributed by atoms with E-state index >= 15 is 0 Å². The quantitative estimate of drug-likeness (QED) is 0.845. The molecule has 2 atom stereocenters. The summed E-state index contributed by atoms with van der Waals surface area (Å²) in [6.45, 7) is 6.10. The summed E-state index contributed by atoms with van der Waals surface area (Å²) in [7, 11) is 0.329. The highest BCUT2D eigenvalue weighted by Crippen LogP contribution is 2.23. The predicted octanol–water partition coefficient (Wildman–Crippen LogP) is 0.926. The Labute approximate surface area is 126 Å². The van der Waals surface area contributed by atoms with Crippen LogP contribution in [-0.2, 0) is 16.6 Å². The molecule has 2 rings (SSSR count). The minimum Gasteiger partial charge on any atom is -0.464 e. The molecule has 21 heavy (non-hydrogen) atoms. The lowest BCUT2D eigenvalue weighted by atomic mass is 9.95. The van der Waals surface area contributed by atoms with Gasteiger partial charge in [0.25, 0.3) is 0 Å². The van der Waals surface area contributed by atoms with Crippen molar-refractivity contribution in [2.45, 2.75) is 37.8 Å². The lowest BCUT2D eigenvalue weighted by molar-refractivity contribution is 0.188. The predicted molar refractivity (Wildman–Crippen MR) is 81.6 cm³/mol. The van der Waals surface area contributed by atoms with E-state index in [1.165, 1.54) is 0 Å². The summed E-state index contributed by atoms with van der Waals surface area (Å²) < 4.78 is 33.4. The molecule has 1 aliphatic heterocycles. The monoisotopic (exact) mass is 315 g/mol. The van der Waals surface area contributed by atoms with Crippen LogP contribution < -0.4 is 10.0 Å². The van der Waals surface area contributed by atoms with Crippen molar-refractivity contribution in [3.05, 3.63) is 17.6 Å². The van der Waals surface area contributed by atoms with Crippen LogP contribution in [0.2, 0.25) is 0 Å². The first kappa shape index (κ1) is 16.5. The number of nitrogens with one attached hydrogen (secondary N) is 2. The van der Waals surface area contributed by atoms with Gasteiger partial charge in [-0.15, -0.1) is 0 Å². The molecule has 0 aliphatic carbocycles. The molecule has 2 N–H and O–H groups in total. The number of piperidine rings is 1. The number of nitrogens with zero attached hydrogens (tertiary/aromatic N) is 1. The van der Waals surface area contributed by atoms with Gasteiger partial charge in [0, 0.05) is 18.7 Å². The fourth-order valence-corrected chi connectivity index (χ4v) is 4.43. The van der Waals surface area contributed by atoms with Crippen LogP contribution in [-0.4, -0.2) is 46.5 Å². The zero-order valence-corrected chi connectivity index (χ0v) is 14.0. The Morgan fingerprint density at radius 2 is 2.19 bits per heavy atom. The Morgan fingerprint density at radius 3 is 2.81 bits per heavy atom. The van der Waals surface area contributed by atoms with Crippen LogP contribution in [0, 0.1) is 12.8 Å². The fraction of sp³-hybridized carbons (Fsp3) is 0.714. The first-order chi connectivity index (χ1) is 9.83. The minimum atomic E-state index is -3.53. The van der Waals surface area contributed by atoms with Crippen molar-refractivity contribution < 1.29 is 12.8 Å². The van der Waals surface area contributed by atoms with Gasteiger partial charge in [0.15, 0.2) is 0 Å². The van der Waals surface area contributed by atoms with Gasteiger partial charge < -0.3 is 14.6 Å². The van der Waals surface area contributed by atoms with Gasteiger partial charge in [0.1, 0.15) is 16.4 Å². The molecule has 0 spiro atoms. The number of hydrogen-bond acceptors (Lipinski definition) is 5. The van der Waals surface area contributed by atoms with Crippen LogP contribution in [0.4, 0.5) is 0 Å². The van der Waals surface area contributed by atoms with Crippen molar-refractivity contribution in [1.29, 1.82) is 0 Å². The maximum atomic E-state index is 12.6. The summed E-state index contributed by atoms with van der Waals surface area (Å²) in [5.74, 6) is 1.36. The molecular formula is C14H25N3O3S. The maximum absolute atomic E-state index is 12.6. The molecule has 0 amide bonds. The summed E-state index contributed by atoms with van der Waals surface area (Å²) >= 11 is 0. The third kappa shape index (κ3) is 3.85. The van der Waals surface area contributed by atoms with Crippen molar-refractivity contribution in [3.63, 3.8) is 0 Å². The lowest BCUT2D eigenvalue weighted by Crippen LogP contribution is -2.48. The Morgan fingerprint density at radius 1 is 1.48 bits per heavy atom. The summed E-state index contributed by atoms with van der Waals surface area (Å²) in [6, 6.07) is 1.58. The molecule has 2 unspecified atom stereocenters. The van der Waals surface area contributed by atoms with Crippen molar-refractivity contribution in [3.8, 4) is 0 Å². The normalized spacial score (nSPS) is 24.4. The zero-order valence-electron chi connectivity index (χ0n) is 13.1. The lowest BCUT2D eigenvalue weighted by Gasteiger charge is -2.34. The highest BCUT2D eigenvalue weighted by molar-refractivity contribution is 7.89. The van der Waals surface area contributed by atoms with E-state index in [4.69, 9.17) is 4.42 Å². The number of likely N-dealkylation sites (tertiary alicyclic amines) is 1. The van der Waals surface area contributed by atoms with Crippen molar-refractivity contribution >= 4 is 10.0 Å². The zero-order chi connectivity index (χ0) is 15.6. The third-order valence-corrected chi connectivity index (χ3v) is 5.58. The van der Waals surface area contributed by atoms with Gasteiger partial charge in [-0.1, -0.05) is 6.92 Å². The van der Waals surface area contributed by atoms with Gasteiger partial charge in [-0.3, -0.25) is 0 Å². The Hall–Kier alpha value is -0.890. The number of hydrogen-bond donors (Lipinski definition) is 2. The van der Waals surface area contributed by atoms with E-state index in [1.54, 1.807) is 20.0 Å². The molecule has 0 bridgehead atoms. The van der Waals surface area contributed by atoms with Crippen LogP contribution in [0.25, 0.3) is 0 Å². The van der Waals surface area contributed by atoms with Crippen LogP contribution in [0.15, 0.2) is 15.4 Å². The van der Waals surface area contributed by atoms with Gasteiger partial charge in [0.05, 0.1) is 6.54 Å². The SMILES string of the molecule is CNCc1cc(S(=O)(=O)NC2CCN(C)CC2C)c(C)o1. The Kier molecular flexibility index (Phi) is 5.08. The van der Waals surface area contributed by atoms with Gasteiger partial charge in [-0.2, -0.15) is 0 Å². The second kappa shape index (κ2) is 6.48. The molecule has 2 heterocycles. The summed E-state index contributed by atoms with van der Waals surface area (Å²) in [6.07, 6.45) is 0.831. The molecule has 6 nitrogen and oxygen atoms in total. The van der Waals surface area contributed by atoms with Crippen molar-refractivity contribution in [1.82, 2.24) is 14.9 Å². The van der Waals surface area contributed by atoms with Gasteiger partial charge in [-0.25, -0.2) is 13.1 Å². The van der Waals surface area contributed by atoms with E-state index in [0.717, 1.165) is 19.5 Å².